The minimum Gasteiger partial charge on any atom is -0.478 e. The largest absolute Gasteiger partial charge is 0.478 e. The smallest absolute Gasteiger partial charge is 0.339 e. The lowest BCUT2D eigenvalue weighted by Gasteiger charge is -2.22. The van der Waals surface area contributed by atoms with Gasteiger partial charge in [0.15, 0.2) is 0 Å². The molecule has 0 spiro atoms. The molecule has 5 nitrogen and oxygen atoms in total. The quantitative estimate of drug-likeness (QED) is 0.925. The highest BCUT2D eigenvalue weighted by Crippen LogP contribution is 2.24. The Balaban J connectivity index is 2.38. The second kappa shape index (κ2) is 5.69. The lowest BCUT2D eigenvalue weighted by atomic mass is 10.1. The average Bonchev–Trinajstić information content (AvgIpc) is 2.38. The molecule has 0 unspecified atom stereocenters. The van der Waals surface area contributed by atoms with Crippen LogP contribution in [0, 0.1) is 13.8 Å². The zero-order chi connectivity index (χ0) is 14.7. The molecule has 2 aromatic rings. The molecule has 2 heterocycles. The van der Waals surface area contributed by atoms with Gasteiger partial charge in [-0.25, -0.2) is 4.79 Å². The number of hydrogen-bond donors (Lipinski definition) is 1. The maximum atomic E-state index is 11.4. The van der Waals surface area contributed by atoms with Gasteiger partial charge in [-0.1, -0.05) is 6.07 Å². The van der Waals surface area contributed by atoms with Gasteiger partial charge in [0.2, 0.25) is 0 Å². The highest BCUT2D eigenvalue weighted by Gasteiger charge is 2.18. The van der Waals surface area contributed by atoms with E-state index in [4.69, 9.17) is 0 Å². The number of aryl methyl sites for hydroxylation is 2. The van der Waals surface area contributed by atoms with E-state index < -0.39 is 5.97 Å². The van der Waals surface area contributed by atoms with E-state index in [1.54, 1.807) is 25.4 Å². The van der Waals surface area contributed by atoms with Crippen molar-refractivity contribution in [2.75, 3.05) is 11.9 Å². The molecule has 1 N–H and O–H groups in total. The summed E-state index contributed by atoms with van der Waals surface area (Å²) < 4.78 is 0. The zero-order valence-electron chi connectivity index (χ0n) is 11.8. The van der Waals surface area contributed by atoms with Crippen LogP contribution in [0.4, 0.5) is 5.69 Å². The molecule has 0 aliphatic carbocycles. The average molecular weight is 271 g/mol. The summed E-state index contributed by atoms with van der Waals surface area (Å²) in [7, 11) is 1.87. The molecule has 0 saturated heterocycles. The molecule has 20 heavy (non-hydrogen) atoms. The number of carboxylic acid groups (broad SMARTS) is 1. The van der Waals surface area contributed by atoms with Gasteiger partial charge < -0.3 is 10.0 Å². The van der Waals surface area contributed by atoms with Crippen molar-refractivity contribution in [1.82, 2.24) is 9.97 Å². The first-order valence-electron chi connectivity index (χ1n) is 6.30. The first kappa shape index (κ1) is 14.0. The predicted molar refractivity (Wildman–Crippen MR) is 77.0 cm³/mol. The van der Waals surface area contributed by atoms with Crippen LogP contribution in [0.3, 0.4) is 0 Å². The number of rotatable bonds is 4. The van der Waals surface area contributed by atoms with Crippen molar-refractivity contribution in [3.05, 3.63) is 53.1 Å². The van der Waals surface area contributed by atoms with Gasteiger partial charge >= 0.3 is 5.97 Å². The van der Waals surface area contributed by atoms with Gasteiger partial charge in [0, 0.05) is 31.7 Å². The van der Waals surface area contributed by atoms with Gasteiger partial charge in [0.05, 0.1) is 11.4 Å². The van der Waals surface area contributed by atoms with Crippen LogP contribution in [0.5, 0.6) is 0 Å². The Morgan fingerprint density at radius 1 is 1.40 bits per heavy atom. The predicted octanol–water partition coefficient (Wildman–Crippen LogP) is 2.43. The van der Waals surface area contributed by atoms with Crippen LogP contribution < -0.4 is 4.90 Å². The van der Waals surface area contributed by atoms with Crippen molar-refractivity contribution in [1.29, 1.82) is 0 Å². The van der Waals surface area contributed by atoms with Gasteiger partial charge in [-0.3, -0.25) is 9.97 Å². The van der Waals surface area contributed by atoms with Crippen LogP contribution in [0.15, 0.2) is 30.6 Å². The van der Waals surface area contributed by atoms with E-state index in [9.17, 15) is 9.90 Å². The number of pyridine rings is 2. The standard InChI is InChI=1S/C15H17N3O2/c1-10-7-13(14(15(19)20)11(2)17-10)18(3)9-12-5-4-6-16-8-12/h4-8H,9H2,1-3H3,(H,19,20). The molecule has 2 aromatic heterocycles. The van der Waals surface area contributed by atoms with E-state index in [2.05, 4.69) is 9.97 Å². The van der Waals surface area contributed by atoms with E-state index in [1.165, 1.54) is 0 Å². The van der Waals surface area contributed by atoms with Crippen LogP contribution in [0.25, 0.3) is 0 Å². The van der Waals surface area contributed by atoms with E-state index in [0.717, 1.165) is 11.3 Å². The number of hydrogen-bond acceptors (Lipinski definition) is 4. The number of aromatic nitrogens is 2. The summed E-state index contributed by atoms with van der Waals surface area (Å²) in [4.78, 5) is 21.6. The van der Waals surface area contributed by atoms with Gasteiger partial charge in [0.25, 0.3) is 0 Å². The van der Waals surface area contributed by atoms with Gasteiger partial charge in [-0.05, 0) is 31.5 Å². The van der Waals surface area contributed by atoms with Crippen molar-refractivity contribution in [2.24, 2.45) is 0 Å². The number of carboxylic acids is 1. The number of aromatic carboxylic acids is 1. The molecular weight excluding hydrogens is 254 g/mol. The zero-order valence-corrected chi connectivity index (χ0v) is 11.8. The highest BCUT2D eigenvalue weighted by molar-refractivity contribution is 5.95. The Kier molecular flexibility index (Phi) is 3.98. The van der Waals surface area contributed by atoms with Gasteiger partial charge in [0.1, 0.15) is 5.56 Å². The lowest BCUT2D eigenvalue weighted by molar-refractivity contribution is 0.0696. The normalized spacial score (nSPS) is 10.3. The van der Waals surface area contributed by atoms with E-state index in [0.29, 0.717) is 17.9 Å². The van der Waals surface area contributed by atoms with Crippen molar-refractivity contribution < 1.29 is 9.90 Å². The summed E-state index contributed by atoms with van der Waals surface area (Å²) >= 11 is 0. The molecule has 2 rings (SSSR count). The lowest BCUT2D eigenvalue weighted by Crippen LogP contribution is -2.21. The van der Waals surface area contributed by atoms with Crippen molar-refractivity contribution in [3.8, 4) is 0 Å². The SMILES string of the molecule is Cc1cc(N(C)Cc2cccnc2)c(C(=O)O)c(C)n1. The molecule has 5 heteroatoms. The summed E-state index contributed by atoms with van der Waals surface area (Å²) in [6.07, 6.45) is 3.49. The minimum absolute atomic E-state index is 0.252. The Morgan fingerprint density at radius 2 is 2.15 bits per heavy atom. The number of anilines is 1. The highest BCUT2D eigenvalue weighted by atomic mass is 16.4. The fourth-order valence-corrected chi connectivity index (χ4v) is 2.22. The van der Waals surface area contributed by atoms with Crippen molar-refractivity contribution in [2.45, 2.75) is 20.4 Å². The van der Waals surface area contributed by atoms with E-state index >= 15 is 0 Å². The third-order valence-corrected chi connectivity index (χ3v) is 3.08. The van der Waals surface area contributed by atoms with Crippen LogP contribution in [0.2, 0.25) is 0 Å². The first-order valence-corrected chi connectivity index (χ1v) is 6.30. The van der Waals surface area contributed by atoms with Crippen LogP contribution in [-0.2, 0) is 6.54 Å². The number of nitrogens with zero attached hydrogens (tertiary/aromatic N) is 3. The Hall–Kier alpha value is -2.43. The van der Waals surface area contributed by atoms with Gasteiger partial charge in [-0.15, -0.1) is 0 Å². The Labute approximate surface area is 117 Å². The number of carbonyl (C=O) groups is 1. The maximum absolute atomic E-state index is 11.4. The van der Waals surface area contributed by atoms with Crippen molar-refractivity contribution in [3.63, 3.8) is 0 Å². The molecule has 0 radical (unpaired) electrons. The third-order valence-electron chi connectivity index (χ3n) is 3.08. The molecule has 0 atom stereocenters. The van der Waals surface area contributed by atoms with Crippen molar-refractivity contribution >= 4 is 11.7 Å². The minimum atomic E-state index is -0.956. The third kappa shape index (κ3) is 2.93. The summed E-state index contributed by atoms with van der Waals surface area (Å²) in [5, 5.41) is 9.37. The second-order valence-electron chi connectivity index (χ2n) is 4.77. The maximum Gasteiger partial charge on any atom is 0.339 e. The first-order chi connectivity index (χ1) is 9.49. The van der Waals surface area contributed by atoms with E-state index in [-0.39, 0.29) is 5.56 Å². The molecule has 104 valence electrons. The summed E-state index contributed by atoms with van der Waals surface area (Å²) in [5.41, 5.74) is 3.29. The fourth-order valence-electron chi connectivity index (χ4n) is 2.22. The molecule has 0 saturated carbocycles. The monoisotopic (exact) mass is 271 g/mol. The summed E-state index contributed by atoms with van der Waals surface area (Å²) in [6.45, 7) is 4.18. The topological polar surface area (TPSA) is 66.3 Å². The molecule has 0 aromatic carbocycles. The summed E-state index contributed by atoms with van der Waals surface area (Å²) in [5.74, 6) is -0.956. The fraction of sp³-hybridized carbons (Fsp3) is 0.267. The Bertz CT molecular complexity index is 627. The molecule has 0 bridgehead atoms. The summed E-state index contributed by atoms with van der Waals surface area (Å²) in [6, 6.07) is 5.63. The molecule has 0 fully saturated rings. The molecular formula is C15H17N3O2. The van der Waals surface area contributed by atoms with Gasteiger partial charge in [-0.2, -0.15) is 0 Å². The second-order valence-corrected chi connectivity index (χ2v) is 4.77. The van der Waals surface area contributed by atoms with E-state index in [1.807, 2.05) is 31.0 Å². The Morgan fingerprint density at radius 3 is 2.75 bits per heavy atom. The van der Waals surface area contributed by atoms with Crippen LogP contribution in [0.1, 0.15) is 27.3 Å². The van der Waals surface area contributed by atoms with Crippen LogP contribution >= 0.6 is 0 Å². The molecule has 0 amide bonds. The molecule has 0 aliphatic rings. The van der Waals surface area contributed by atoms with Crippen LogP contribution in [-0.4, -0.2) is 28.1 Å². The molecule has 0 aliphatic heterocycles.